The van der Waals surface area contributed by atoms with Gasteiger partial charge in [0.15, 0.2) is 0 Å². The highest BCUT2D eigenvalue weighted by atomic mass is 31.2. The predicted molar refractivity (Wildman–Crippen MR) is 87.8 cm³/mol. The quantitative estimate of drug-likeness (QED) is 0.434. The van der Waals surface area contributed by atoms with Crippen LogP contribution in [0.15, 0.2) is 35.3 Å². The van der Waals surface area contributed by atoms with Crippen LogP contribution in [-0.2, 0) is 28.3 Å². The summed E-state index contributed by atoms with van der Waals surface area (Å²) in [5.41, 5.74) is 0.350. The third-order valence-electron chi connectivity index (χ3n) is 4.47. The van der Waals surface area contributed by atoms with E-state index in [1.165, 1.54) is 21.3 Å². The van der Waals surface area contributed by atoms with Crippen molar-refractivity contribution in [3.05, 3.63) is 35.9 Å². The molecule has 1 saturated carbocycles. The van der Waals surface area contributed by atoms with Gasteiger partial charge in [0.25, 0.3) is 0 Å². The van der Waals surface area contributed by atoms with Crippen LogP contribution in [0.2, 0.25) is 0 Å². The molecule has 6 nitrogen and oxygen atoms in total. The topological polar surface area (TPSA) is 74.2 Å². The zero-order valence-corrected chi connectivity index (χ0v) is 14.7. The third kappa shape index (κ3) is 2.87. The van der Waals surface area contributed by atoms with Gasteiger partial charge in [-0.2, -0.15) is 0 Å². The van der Waals surface area contributed by atoms with Crippen LogP contribution in [-0.4, -0.2) is 40.1 Å². The number of carbonyl (C=O) groups excluding carboxylic acids is 1. The lowest BCUT2D eigenvalue weighted by Gasteiger charge is -2.28. The molecular formula is C16H22NO5P. The standard InChI is InChI=1S/C16H22NO5P/c1-15(12-17-10-14(18)20-2)11-16(15,23(19,21-3)22-4)13-8-6-5-7-9-13/h5-9,12H,10-11H2,1-4H3/t15?,16-/m0/s1. The second-order valence-corrected chi connectivity index (χ2v) is 8.22. The van der Waals surface area contributed by atoms with Crippen LogP contribution in [0.25, 0.3) is 0 Å². The maximum absolute atomic E-state index is 13.2. The number of rotatable bonds is 7. The molecule has 0 spiro atoms. The molecule has 7 heteroatoms. The highest BCUT2D eigenvalue weighted by Crippen LogP contribution is 2.83. The van der Waals surface area contributed by atoms with Gasteiger partial charge in [-0.05, 0) is 12.0 Å². The molecule has 0 aromatic heterocycles. The number of ether oxygens (including phenoxy) is 1. The van der Waals surface area contributed by atoms with Gasteiger partial charge in [-0.3, -0.25) is 14.4 Å². The number of hydrogen-bond acceptors (Lipinski definition) is 6. The number of methoxy groups -OCH3 is 1. The van der Waals surface area contributed by atoms with E-state index in [-0.39, 0.29) is 6.54 Å². The molecular weight excluding hydrogens is 317 g/mol. The highest BCUT2D eigenvalue weighted by Gasteiger charge is 2.75. The second kappa shape index (κ2) is 6.56. The molecule has 1 aliphatic rings. The maximum Gasteiger partial charge on any atom is 0.341 e. The average Bonchev–Trinajstić information content (AvgIpc) is 3.22. The van der Waals surface area contributed by atoms with Crippen molar-refractivity contribution < 1.29 is 23.1 Å². The van der Waals surface area contributed by atoms with Crippen LogP contribution in [0.5, 0.6) is 0 Å². The van der Waals surface area contributed by atoms with Gasteiger partial charge < -0.3 is 13.8 Å². The summed E-state index contributed by atoms with van der Waals surface area (Å²) in [4.78, 5) is 15.4. The van der Waals surface area contributed by atoms with E-state index in [1.54, 1.807) is 6.21 Å². The summed E-state index contributed by atoms with van der Waals surface area (Å²) in [6.45, 7) is 1.87. The molecule has 0 bridgehead atoms. The molecule has 1 aromatic carbocycles. The van der Waals surface area contributed by atoms with Crippen molar-refractivity contribution in [3.8, 4) is 0 Å². The van der Waals surface area contributed by atoms with Gasteiger partial charge in [-0.25, -0.2) is 0 Å². The molecule has 23 heavy (non-hydrogen) atoms. The Morgan fingerprint density at radius 1 is 1.26 bits per heavy atom. The molecule has 0 saturated heterocycles. The Morgan fingerprint density at radius 3 is 2.39 bits per heavy atom. The first-order valence-electron chi connectivity index (χ1n) is 7.24. The fraction of sp³-hybridized carbons (Fsp3) is 0.500. The Morgan fingerprint density at radius 2 is 1.87 bits per heavy atom. The van der Waals surface area contributed by atoms with E-state index < -0.39 is 24.1 Å². The Hall–Kier alpha value is -1.49. The van der Waals surface area contributed by atoms with E-state index in [2.05, 4.69) is 9.73 Å². The van der Waals surface area contributed by atoms with Gasteiger partial charge in [0, 0.05) is 25.8 Å². The Balaban J connectivity index is 2.40. The first-order chi connectivity index (χ1) is 10.9. The molecule has 0 N–H and O–H groups in total. The normalized spacial score (nSPS) is 27.1. The zero-order chi connectivity index (χ0) is 17.1. The van der Waals surface area contributed by atoms with Crippen LogP contribution < -0.4 is 0 Å². The van der Waals surface area contributed by atoms with Crippen molar-refractivity contribution in [1.29, 1.82) is 0 Å². The van der Waals surface area contributed by atoms with Crippen LogP contribution in [0.3, 0.4) is 0 Å². The van der Waals surface area contributed by atoms with Crippen LogP contribution in [0, 0.1) is 5.41 Å². The Kier molecular flexibility index (Phi) is 5.09. The molecule has 2 rings (SSSR count). The smallest absolute Gasteiger partial charge is 0.341 e. The monoisotopic (exact) mass is 339 g/mol. The van der Waals surface area contributed by atoms with Crippen LogP contribution in [0.4, 0.5) is 0 Å². The summed E-state index contributed by atoms with van der Waals surface area (Å²) < 4.78 is 28.4. The van der Waals surface area contributed by atoms with Crippen molar-refractivity contribution in [1.82, 2.24) is 0 Å². The number of nitrogens with zero attached hydrogens (tertiary/aromatic N) is 1. The number of hydrogen-bond donors (Lipinski definition) is 0. The van der Waals surface area contributed by atoms with E-state index in [0.717, 1.165) is 5.56 Å². The van der Waals surface area contributed by atoms with Crippen molar-refractivity contribution in [2.45, 2.75) is 18.5 Å². The molecule has 126 valence electrons. The summed E-state index contributed by atoms with van der Waals surface area (Å²) in [6.07, 6.45) is 2.23. The van der Waals surface area contributed by atoms with Gasteiger partial charge in [-0.1, -0.05) is 37.3 Å². The van der Waals surface area contributed by atoms with Gasteiger partial charge >= 0.3 is 13.6 Å². The molecule has 0 heterocycles. The van der Waals surface area contributed by atoms with Crippen molar-refractivity contribution >= 4 is 19.8 Å². The number of carbonyl (C=O) groups is 1. The largest absolute Gasteiger partial charge is 0.468 e. The van der Waals surface area contributed by atoms with Gasteiger partial charge in [0.2, 0.25) is 0 Å². The third-order valence-corrected chi connectivity index (χ3v) is 7.29. The van der Waals surface area contributed by atoms with E-state index in [4.69, 9.17) is 9.05 Å². The van der Waals surface area contributed by atoms with E-state index >= 15 is 0 Å². The lowest BCUT2D eigenvalue weighted by Crippen LogP contribution is -2.20. The van der Waals surface area contributed by atoms with E-state index in [0.29, 0.717) is 6.42 Å². The van der Waals surface area contributed by atoms with Crippen LogP contribution in [0.1, 0.15) is 18.9 Å². The summed E-state index contributed by atoms with van der Waals surface area (Å²) in [5, 5.41) is -0.801. The molecule has 2 atom stereocenters. The van der Waals surface area contributed by atoms with Gasteiger partial charge in [0.1, 0.15) is 11.7 Å². The lowest BCUT2D eigenvalue weighted by molar-refractivity contribution is -0.138. The first kappa shape index (κ1) is 17.9. The SMILES string of the molecule is COC(=O)CN=CC1(C)C[C@@]1(c1ccccc1)P(=O)(OC)OC. The lowest BCUT2D eigenvalue weighted by atomic mass is 10.0. The summed E-state index contributed by atoms with van der Waals surface area (Å²) >= 11 is 0. The highest BCUT2D eigenvalue weighted by molar-refractivity contribution is 7.55. The molecule has 1 unspecified atom stereocenters. The molecule has 1 aliphatic carbocycles. The van der Waals surface area contributed by atoms with Crippen molar-refractivity contribution in [2.75, 3.05) is 27.9 Å². The van der Waals surface area contributed by atoms with Gasteiger partial charge in [0.05, 0.1) is 7.11 Å². The fourth-order valence-corrected chi connectivity index (χ4v) is 5.57. The summed E-state index contributed by atoms with van der Waals surface area (Å²) in [6, 6.07) is 9.48. The summed E-state index contributed by atoms with van der Waals surface area (Å²) in [5.74, 6) is -0.419. The molecule has 0 aliphatic heterocycles. The molecule has 0 amide bonds. The van der Waals surface area contributed by atoms with Gasteiger partial charge in [-0.15, -0.1) is 0 Å². The van der Waals surface area contributed by atoms with E-state index in [9.17, 15) is 9.36 Å². The minimum Gasteiger partial charge on any atom is -0.468 e. The second-order valence-electron chi connectivity index (χ2n) is 5.73. The van der Waals surface area contributed by atoms with Crippen molar-refractivity contribution in [3.63, 3.8) is 0 Å². The predicted octanol–water partition coefficient (Wildman–Crippen LogP) is 3.02. The fourth-order valence-electron chi connectivity index (χ4n) is 3.13. The Bertz CT molecular complexity index is 639. The number of aliphatic imine (C=N–C) groups is 1. The molecule has 1 fully saturated rings. The zero-order valence-electron chi connectivity index (χ0n) is 13.8. The maximum atomic E-state index is 13.2. The number of esters is 1. The Labute approximate surface area is 136 Å². The summed E-state index contributed by atoms with van der Waals surface area (Å²) in [7, 11) is 0.696. The minimum absolute atomic E-state index is 0.0682. The molecule has 0 radical (unpaired) electrons. The number of benzene rings is 1. The minimum atomic E-state index is -3.39. The average molecular weight is 339 g/mol. The molecule has 1 aromatic rings. The van der Waals surface area contributed by atoms with Crippen molar-refractivity contribution in [2.24, 2.45) is 10.4 Å². The first-order valence-corrected chi connectivity index (χ1v) is 8.78. The van der Waals surface area contributed by atoms with E-state index in [1.807, 2.05) is 37.3 Å². The van der Waals surface area contributed by atoms with Crippen LogP contribution >= 0.6 is 7.60 Å².